The minimum atomic E-state index is 0.961. The van der Waals surface area contributed by atoms with Crippen molar-refractivity contribution in [3.63, 3.8) is 0 Å². The van der Waals surface area contributed by atoms with E-state index in [0.29, 0.717) is 0 Å². The van der Waals surface area contributed by atoms with E-state index in [1.165, 1.54) is 0 Å². The summed E-state index contributed by atoms with van der Waals surface area (Å²) in [4.78, 5) is 4.08. The number of nitrogens with zero attached hydrogens (tertiary/aromatic N) is 2. The Morgan fingerprint density at radius 1 is 1.67 bits per heavy atom. The number of fused-ring (bicyclic) bond motifs is 1. The molecule has 2 heterocycles. The molecule has 2 aliphatic heterocycles. The number of hydrogen-bond donors (Lipinski definition) is 1. The fourth-order valence-electron chi connectivity index (χ4n) is 0.688. The van der Waals surface area contributed by atoms with Crippen LogP contribution in [0.1, 0.15) is 0 Å². The van der Waals surface area contributed by atoms with E-state index in [1.807, 2.05) is 22.1 Å². The van der Waals surface area contributed by atoms with Crippen LogP contribution in [0.3, 0.4) is 0 Å². The van der Waals surface area contributed by atoms with Crippen molar-refractivity contribution in [3.05, 3.63) is 23.9 Å². The molecule has 0 aromatic carbocycles. The van der Waals surface area contributed by atoms with Crippen molar-refractivity contribution in [1.29, 1.82) is 0 Å². The highest BCUT2D eigenvalue weighted by atomic mass is 32.2. The van der Waals surface area contributed by atoms with Gasteiger partial charge in [0.15, 0.2) is 5.84 Å². The van der Waals surface area contributed by atoms with Crippen LogP contribution >= 0.6 is 11.9 Å². The summed E-state index contributed by atoms with van der Waals surface area (Å²) in [6, 6.07) is 0. The maximum absolute atomic E-state index is 4.08. The van der Waals surface area contributed by atoms with Crippen LogP contribution in [0.25, 0.3) is 0 Å². The second-order valence-electron chi connectivity index (χ2n) is 1.63. The first-order valence-corrected chi connectivity index (χ1v) is 3.43. The van der Waals surface area contributed by atoms with Crippen molar-refractivity contribution in [2.24, 2.45) is 4.99 Å². The zero-order valence-electron chi connectivity index (χ0n) is 4.61. The summed E-state index contributed by atoms with van der Waals surface area (Å²) in [6.07, 6.45) is 5.57. The predicted molar refractivity (Wildman–Crippen MR) is 38.3 cm³/mol. The minimum Gasteiger partial charge on any atom is -0.294 e. The Bertz CT molecular complexity index is 206. The molecule has 0 atom stereocenters. The van der Waals surface area contributed by atoms with Crippen LogP contribution in [-0.2, 0) is 0 Å². The Morgan fingerprint density at radius 2 is 2.67 bits per heavy atom. The Morgan fingerprint density at radius 3 is 3.56 bits per heavy atom. The molecule has 0 aromatic rings. The number of aliphatic imine (C=N–C) groups is 1. The molecule has 4 heteroatoms. The predicted octanol–water partition coefficient (Wildman–Crippen LogP) is 0.852. The molecule has 0 spiro atoms. The number of hydrazine groups is 1. The third kappa shape index (κ3) is 0.712. The summed E-state index contributed by atoms with van der Waals surface area (Å²) >= 11 is 1.58. The Hall–Kier alpha value is -0.900. The van der Waals surface area contributed by atoms with Gasteiger partial charge in [-0.05, 0) is 0 Å². The van der Waals surface area contributed by atoms with E-state index < -0.39 is 0 Å². The molecule has 1 N–H and O–H groups in total. The summed E-state index contributed by atoms with van der Waals surface area (Å²) in [5.41, 5.74) is 2.99. The van der Waals surface area contributed by atoms with Crippen LogP contribution in [0.15, 0.2) is 28.9 Å². The third-order valence-corrected chi connectivity index (χ3v) is 1.81. The molecular weight excluding hydrogens is 134 g/mol. The van der Waals surface area contributed by atoms with Gasteiger partial charge in [-0.3, -0.25) is 5.43 Å². The summed E-state index contributed by atoms with van der Waals surface area (Å²) in [5.74, 6) is 0.961. The van der Waals surface area contributed by atoms with Gasteiger partial charge in [-0.1, -0.05) is 0 Å². The lowest BCUT2D eigenvalue weighted by molar-refractivity contribution is 0.614. The second-order valence-corrected chi connectivity index (χ2v) is 2.48. The van der Waals surface area contributed by atoms with Gasteiger partial charge in [0, 0.05) is 35.8 Å². The average Bonchev–Trinajstić information content (AvgIpc) is 2.33. The van der Waals surface area contributed by atoms with Gasteiger partial charge in [-0.15, -0.1) is 0 Å². The van der Waals surface area contributed by atoms with E-state index in [4.69, 9.17) is 0 Å². The van der Waals surface area contributed by atoms with Crippen LogP contribution < -0.4 is 5.43 Å². The summed E-state index contributed by atoms with van der Waals surface area (Å²) in [6.45, 7) is 0. The molecule has 0 bridgehead atoms. The zero-order chi connectivity index (χ0) is 6.10. The lowest BCUT2D eigenvalue weighted by Crippen LogP contribution is -2.27. The normalized spacial score (nSPS) is 21.3. The van der Waals surface area contributed by atoms with Crippen LogP contribution in [0.4, 0.5) is 0 Å². The maximum atomic E-state index is 4.08. The van der Waals surface area contributed by atoms with Crippen molar-refractivity contribution in [2.45, 2.75) is 0 Å². The number of nitrogens with one attached hydrogen (secondary N) is 1. The van der Waals surface area contributed by atoms with E-state index in [2.05, 4.69) is 10.4 Å². The highest BCUT2D eigenvalue weighted by Crippen LogP contribution is 2.17. The fraction of sp³-hybridized carbons (Fsp3) is 0. The van der Waals surface area contributed by atoms with Gasteiger partial charge < -0.3 is 0 Å². The number of hydrogen-bond acceptors (Lipinski definition) is 4. The van der Waals surface area contributed by atoms with Gasteiger partial charge in [0.1, 0.15) is 0 Å². The van der Waals surface area contributed by atoms with Crippen molar-refractivity contribution in [3.8, 4) is 0 Å². The molecule has 3 nitrogen and oxygen atoms in total. The smallest absolute Gasteiger partial charge is 0.160 e. The molecule has 0 unspecified atom stereocenters. The molecule has 2 aliphatic rings. The van der Waals surface area contributed by atoms with Crippen LogP contribution in [-0.4, -0.2) is 10.2 Å². The SMILES string of the molecule is C1=CSN2NC=CC2=N1. The van der Waals surface area contributed by atoms with Gasteiger partial charge in [0.05, 0.1) is 0 Å². The molecule has 46 valence electrons. The first-order chi connectivity index (χ1) is 4.47. The summed E-state index contributed by atoms with van der Waals surface area (Å²) < 4.78 is 1.89. The average molecular weight is 139 g/mol. The monoisotopic (exact) mass is 139 g/mol. The lowest BCUT2D eigenvalue weighted by atomic mass is 10.6. The van der Waals surface area contributed by atoms with E-state index in [9.17, 15) is 0 Å². The van der Waals surface area contributed by atoms with Crippen LogP contribution in [0.2, 0.25) is 0 Å². The molecule has 9 heavy (non-hydrogen) atoms. The van der Waals surface area contributed by atoms with Crippen LogP contribution in [0.5, 0.6) is 0 Å². The fourth-order valence-corrected chi connectivity index (χ4v) is 1.26. The molecule has 2 rings (SSSR count). The summed E-state index contributed by atoms with van der Waals surface area (Å²) in [5, 5.41) is 1.92. The standard InChI is InChI=1S/C5H5N3S/c1-2-7-8-5(1)6-3-4-9-8/h1-4,7H. The lowest BCUT2D eigenvalue weighted by Gasteiger charge is -2.16. The first kappa shape index (κ1) is 4.93. The molecule has 0 radical (unpaired) electrons. The van der Waals surface area contributed by atoms with Crippen LogP contribution in [0, 0.1) is 0 Å². The Kier molecular flexibility index (Phi) is 0.989. The van der Waals surface area contributed by atoms with E-state index >= 15 is 0 Å². The largest absolute Gasteiger partial charge is 0.294 e. The van der Waals surface area contributed by atoms with E-state index in [1.54, 1.807) is 18.1 Å². The molecular formula is C5H5N3S. The highest BCUT2D eigenvalue weighted by Gasteiger charge is 2.12. The van der Waals surface area contributed by atoms with Crippen molar-refractivity contribution in [2.75, 3.05) is 0 Å². The second kappa shape index (κ2) is 1.80. The third-order valence-electron chi connectivity index (χ3n) is 1.07. The highest BCUT2D eigenvalue weighted by molar-refractivity contribution is 8.00. The molecule has 0 amide bonds. The minimum absolute atomic E-state index is 0.961. The quantitative estimate of drug-likeness (QED) is 0.504. The Balaban J connectivity index is 2.31. The van der Waals surface area contributed by atoms with Crippen molar-refractivity contribution < 1.29 is 0 Å². The molecule has 0 saturated carbocycles. The molecule has 0 saturated heterocycles. The molecule has 0 fully saturated rings. The maximum Gasteiger partial charge on any atom is 0.160 e. The first-order valence-electron chi connectivity index (χ1n) is 2.59. The van der Waals surface area contributed by atoms with Gasteiger partial charge in [0.2, 0.25) is 0 Å². The topological polar surface area (TPSA) is 27.6 Å². The Labute approximate surface area is 57.2 Å². The van der Waals surface area contributed by atoms with Gasteiger partial charge >= 0.3 is 0 Å². The molecule has 0 aliphatic carbocycles. The number of rotatable bonds is 0. The van der Waals surface area contributed by atoms with Crippen molar-refractivity contribution in [1.82, 2.24) is 9.84 Å². The van der Waals surface area contributed by atoms with E-state index in [-0.39, 0.29) is 0 Å². The number of amidine groups is 1. The summed E-state index contributed by atoms with van der Waals surface area (Å²) in [7, 11) is 0. The van der Waals surface area contributed by atoms with Gasteiger partial charge in [-0.2, -0.15) is 0 Å². The van der Waals surface area contributed by atoms with Gasteiger partial charge in [-0.25, -0.2) is 9.41 Å². The van der Waals surface area contributed by atoms with Gasteiger partial charge in [0.25, 0.3) is 0 Å². The van der Waals surface area contributed by atoms with Crippen molar-refractivity contribution >= 4 is 17.8 Å². The molecule has 0 aromatic heterocycles. The van der Waals surface area contributed by atoms with E-state index in [0.717, 1.165) is 5.84 Å². The zero-order valence-corrected chi connectivity index (χ0v) is 5.43.